The maximum atomic E-state index is 14.6. The quantitative estimate of drug-likeness (QED) is 0.502. The van der Waals surface area contributed by atoms with Crippen LogP contribution in [0.5, 0.6) is 11.6 Å². The highest BCUT2D eigenvalue weighted by Gasteiger charge is 2.13. The molecule has 0 bridgehead atoms. The van der Waals surface area contributed by atoms with E-state index in [0.29, 0.717) is 5.88 Å². The molecule has 4 rings (SSSR count). The number of nitrogens with zero attached hydrogens (tertiary/aromatic N) is 3. The van der Waals surface area contributed by atoms with Crippen LogP contribution in [0.3, 0.4) is 0 Å². The van der Waals surface area contributed by atoms with Gasteiger partial charge in [-0.2, -0.15) is 0 Å². The van der Waals surface area contributed by atoms with Gasteiger partial charge in [-0.3, -0.25) is 0 Å². The summed E-state index contributed by atoms with van der Waals surface area (Å²) < 4.78 is 21.2. The maximum Gasteiger partial charge on any atom is 0.237 e. The zero-order valence-corrected chi connectivity index (χ0v) is 14.5. The lowest BCUT2D eigenvalue weighted by Gasteiger charge is -2.11. The summed E-state index contributed by atoms with van der Waals surface area (Å²) in [6.07, 6.45) is 3.17. The van der Waals surface area contributed by atoms with Crippen LogP contribution in [0, 0.1) is 19.7 Å². The lowest BCUT2D eigenvalue weighted by molar-refractivity contribution is 0.433. The Kier molecular flexibility index (Phi) is 3.89. The first-order chi connectivity index (χ1) is 12.1. The summed E-state index contributed by atoms with van der Waals surface area (Å²) >= 11 is 1.52. The molecule has 124 valence electrons. The SMILES string of the molecule is Cc1ncnc(C)c1-c1ccc(Oc2nccc3ccsc23)c(F)c1. The Labute approximate surface area is 148 Å². The Morgan fingerprint density at radius 1 is 1.00 bits per heavy atom. The number of aromatic nitrogens is 3. The van der Waals surface area contributed by atoms with E-state index >= 15 is 0 Å². The highest BCUT2D eigenvalue weighted by atomic mass is 32.1. The van der Waals surface area contributed by atoms with Gasteiger partial charge in [-0.05, 0) is 54.4 Å². The second kappa shape index (κ2) is 6.22. The van der Waals surface area contributed by atoms with Crippen LogP contribution in [-0.4, -0.2) is 15.0 Å². The average Bonchev–Trinajstić information content (AvgIpc) is 3.07. The number of fused-ring (bicyclic) bond motifs is 1. The number of hydrogen-bond donors (Lipinski definition) is 0. The maximum absolute atomic E-state index is 14.6. The molecule has 4 aromatic rings. The van der Waals surface area contributed by atoms with Gasteiger partial charge in [0, 0.05) is 23.1 Å². The van der Waals surface area contributed by atoms with Crippen molar-refractivity contribution >= 4 is 21.4 Å². The van der Waals surface area contributed by atoms with E-state index in [1.54, 1.807) is 12.3 Å². The van der Waals surface area contributed by atoms with Crippen LogP contribution in [0.2, 0.25) is 0 Å². The van der Waals surface area contributed by atoms with Gasteiger partial charge in [0.05, 0.1) is 4.70 Å². The molecule has 0 fully saturated rings. The Balaban J connectivity index is 1.72. The van der Waals surface area contributed by atoms with E-state index < -0.39 is 5.82 Å². The zero-order valence-electron chi connectivity index (χ0n) is 13.7. The minimum Gasteiger partial charge on any atom is -0.435 e. The third-order valence-electron chi connectivity index (χ3n) is 3.99. The molecule has 3 heterocycles. The number of pyridine rings is 1. The second-order valence-electron chi connectivity index (χ2n) is 5.62. The summed E-state index contributed by atoms with van der Waals surface area (Å²) in [4.78, 5) is 12.6. The fourth-order valence-corrected chi connectivity index (χ4v) is 3.61. The van der Waals surface area contributed by atoms with E-state index in [1.807, 2.05) is 37.4 Å². The van der Waals surface area contributed by atoms with E-state index in [-0.39, 0.29) is 5.75 Å². The van der Waals surface area contributed by atoms with Gasteiger partial charge in [-0.25, -0.2) is 19.3 Å². The van der Waals surface area contributed by atoms with Crippen molar-refractivity contribution in [2.45, 2.75) is 13.8 Å². The molecule has 0 atom stereocenters. The fourth-order valence-electron chi connectivity index (χ4n) is 2.79. The molecule has 0 aliphatic heterocycles. The lowest BCUT2D eigenvalue weighted by atomic mass is 10.0. The molecular formula is C19H14FN3OS. The number of thiophene rings is 1. The van der Waals surface area contributed by atoms with Crippen LogP contribution in [0.4, 0.5) is 4.39 Å². The van der Waals surface area contributed by atoms with E-state index in [4.69, 9.17) is 4.74 Å². The van der Waals surface area contributed by atoms with Crippen molar-refractivity contribution in [3.63, 3.8) is 0 Å². The molecule has 25 heavy (non-hydrogen) atoms. The number of ether oxygens (including phenoxy) is 1. The van der Waals surface area contributed by atoms with Crippen LogP contribution >= 0.6 is 11.3 Å². The van der Waals surface area contributed by atoms with Crippen LogP contribution in [0.15, 0.2) is 48.2 Å². The van der Waals surface area contributed by atoms with Crippen molar-refractivity contribution < 1.29 is 9.13 Å². The Bertz CT molecular complexity index is 1060. The average molecular weight is 351 g/mol. The third-order valence-corrected chi connectivity index (χ3v) is 4.91. The van der Waals surface area contributed by atoms with Crippen LogP contribution in [0.1, 0.15) is 11.4 Å². The first-order valence-corrected chi connectivity index (χ1v) is 8.59. The molecule has 0 spiro atoms. The largest absolute Gasteiger partial charge is 0.435 e. The van der Waals surface area contributed by atoms with Gasteiger partial charge in [-0.15, -0.1) is 11.3 Å². The van der Waals surface area contributed by atoms with Gasteiger partial charge in [0.25, 0.3) is 0 Å². The molecule has 6 heteroatoms. The number of rotatable bonds is 3. The van der Waals surface area contributed by atoms with Gasteiger partial charge < -0.3 is 4.74 Å². The van der Waals surface area contributed by atoms with Crippen molar-refractivity contribution in [1.82, 2.24) is 15.0 Å². The van der Waals surface area contributed by atoms with Crippen LogP contribution < -0.4 is 4.74 Å². The summed E-state index contributed by atoms with van der Waals surface area (Å²) in [6.45, 7) is 3.77. The summed E-state index contributed by atoms with van der Waals surface area (Å²) in [5, 5.41) is 2.99. The van der Waals surface area contributed by atoms with Gasteiger partial charge in [0.1, 0.15) is 6.33 Å². The van der Waals surface area contributed by atoms with Crippen molar-refractivity contribution in [3.8, 4) is 22.8 Å². The summed E-state index contributed by atoms with van der Waals surface area (Å²) in [7, 11) is 0. The van der Waals surface area contributed by atoms with E-state index in [2.05, 4.69) is 15.0 Å². The molecule has 0 saturated heterocycles. The van der Waals surface area contributed by atoms with E-state index in [9.17, 15) is 4.39 Å². The van der Waals surface area contributed by atoms with Gasteiger partial charge in [0.2, 0.25) is 5.88 Å². The predicted octanol–water partition coefficient (Wildman–Crippen LogP) is 5.30. The van der Waals surface area contributed by atoms with Crippen molar-refractivity contribution in [2.75, 3.05) is 0 Å². The monoisotopic (exact) mass is 351 g/mol. The van der Waals surface area contributed by atoms with Gasteiger partial charge in [-0.1, -0.05) is 6.07 Å². The summed E-state index contributed by atoms with van der Waals surface area (Å²) in [5.41, 5.74) is 3.19. The van der Waals surface area contributed by atoms with Crippen LogP contribution in [-0.2, 0) is 0 Å². The van der Waals surface area contributed by atoms with Crippen molar-refractivity contribution in [2.24, 2.45) is 0 Å². The first-order valence-electron chi connectivity index (χ1n) is 7.71. The molecule has 4 nitrogen and oxygen atoms in total. The number of aryl methyl sites for hydroxylation is 2. The standard InChI is InChI=1S/C19H14FN3OS/c1-11-17(12(2)23-10-22-11)14-3-4-16(15(20)9-14)24-19-18-13(5-7-21-19)6-8-25-18/h3-10H,1-2H3. The highest BCUT2D eigenvalue weighted by molar-refractivity contribution is 7.17. The first kappa shape index (κ1) is 15.7. The smallest absolute Gasteiger partial charge is 0.237 e. The number of benzene rings is 1. The topological polar surface area (TPSA) is 47.9 Å². The van der Waals surface area contributed by atoms with E-state index in [1.165, 1.54) is 23.7 Å². The van der Waals surface area contributed by atoms with Crippen LogP contribution in [0.25, 0.3) is 21.2 Å². The third kappa shape index (κ3) is 2.85. The zero-order chi connectivity index (χ0) is 17.4. The molecule has 0 N–H and O–H groups in total. The molecular weight excluding hydrogens is 337 g/mol. The molecule has 0 unspecified atom stereocenters. The molecule has 1 aromatic carbocycles. The molecule has 0 aliphatic rings. The van der Waals surface area contributed by atoms with Gasteiger partial charge in [0.15, 0.2) is 11.6 Å². The van der Waals surface area contributed by atoms with Crippen molar-refractivity contribution in [1.29, 1.82) is 0 Å². The lowest BCUT2D eigenvalue weighted by Crippen LogP contribution is -1.96. The molecule has 0 radical (unpaired) electrons. The van der Waals surface area contributed by atoms with Crippen molar-refractivity contribution in [3.05, 3.63) is 65.4 Å². The van der Waals surface area contributed by atoms with Gasteiger partial charge >= 0.3 is 0 Å². The molecule has 3 aromatic heterocycles. The normalized spacial score (nSPS) is 11.0. The minimum atomic E-state index is -0.449. The second-order valence-corrected chi connectivity index (χ2v) is 6.54. The molecule has 0 aliphatic carbocycles. The predicted molar refractivity (Wildman–Crippen MR) is 96.6 cm³/mol. The minimum absolute atomic E-state index is 0.143. The summed E-state index contributed by atoms with van der Waals surface area (Å²) in [6, 6.07) is 8.76. The Morgan fingerprint density at radius 3 is 2.56 bits per heavy atom. The fraction of sp³-hybridized carbons (Fsp3) is 0.105. The molecule has 0 amide bonds. The number of halogens is 1. The summed E-state index contributed by atoms with van der Waals surface area (Å²) in [5.74, 6) is 0.106. The number of hydrogen-bond acceptors (Lipinski definition) is 5. The Morgan fingerprint density at radius 2 is 1.80 bits per heavy atom. The van der Waals surface area contributed by atoms with E-state index in [0.717, 1.165) is 32.6 Å². The highest BCUT2D eigenvalue weighted by Crippen LogP contribution is 2.34. The Hall–Kier alpha value is -2.86. The molecule has 0 saturated carbocycles.